The molecule has 1 aromatic rings. The van der Waals surface area contributed by atoms with Crippen molar-refractivity contribution < 1.29 is 10.0 Å². The highest BCUT2D eigenvalue weighted by atomic mass is 32.2. The highest BCUT2D eigenvalue weighted by Crippen LogP contribution is 2.22. The third kappa shape index (κ3) is 4.20. The molecule has 2 nitrogen and oxygen atoms in total. The first-order chi connectivity index (χ1) is 7.50. The third-order valence-corrected chi connectivity index (χ3v) is 4.30. The summed E-state index contributed by atoms with van der Waals surface area (Å²) in [6, 6.07) is 7.44. The van der Waals surface area contributed by atoms with Crippen molar-refractivity contribution in [2.24, 2.45) is 5.92 Å². The Morgan fingerprint density at radius 3 is 2.12 bits per heavy atom. The van der Waals surface area contributed by atoms with Crippen molar-refractivity contribution in [2.75, 3.05) is 0 Å². The van der Waals surface area contributed by atoms with E-state index in [1.165, 1.54) is 5.56 Å². The van der Waals surface area contributed by atoms with Gasteiger partial charge in [-0.25, -0.2) is 0 Å². The molecule has 0 saturated heterocycles. The van der Waals surface area contributed by atoms with Crippen LogP contribution in [0.1, 0.15) is 26.3 Å². The van der Waals surface area contributed by atoms with Crippen LogP contribution in [0, 0.1) is 5.92 Å². The lowest BCUT2D eigenvalue weighted by Crippen LogP contribution is -2.29. The number of benzene rings is 1. The topological polar surface area (TPSA) is 40.5 Å². The van der Waals surface area contributed by atoms with E-state index in [-0.39, 0.29) is 0 Å². The molecule has 1 atom stereocenters. The van der Waals surface area contributed by atoms with Crippen LogP contribution in [0.2, 0.25) is 0 Å². The molecule has 2 N–H and O–H groups in total. The average molecular weight is 238 g/mol. The molecule has 0 aliphatic heterocycles. The molecule has 16 heavy (non-hydrogen) atoms. The minimum absolute atomic E-state index is 0.547. The van der Waals surface area contributed by atoms with E-state index in [1.54, 1.807) is 12.1 Å². The highest BCUT2D eigenvalue weighted by molar-refractivity contribution is 7.99. The summed E-state index contributed by atoms with van der Waals surface area (Å²) in [4.78, 5) is 0. The Morgan fingerprint density at radius 1 is 1.12 bits per heavy atom. The monoisotopic (exact) mass is 238 g/mol. The van der Waals surface area contributed by atoms with E-state index in [1.807, 2.05) is 23.9 Å². The summed E-state index contributed by atoms with van der Waals surface area (Å²) in [7, 11) is -1.36. The molecule has 0 heterocycles. The van der Waals surface area contributed by atoms with Crippen molar-refractivity contribution in [3.63, 3.8) is 0 Å². The molecule has 0 bridgehead atoms. The molecule has 0 saturated carbocycles. The van der Waals surface area contributed by atoms with E-state index in [2.05, 4.69) is 20.8 Å². The van der Waals surface area contributed by atoms with E-state index in [0.717, 1.165) is 5.75 Å². The molecule has 0 amide bonds. The maximum atomic E-state index is 8.96. The number of rotatable bonds is 5. The van der Waals surface area contributed by atoms with Crippen LogP contribution in [0.15, 0.2) is 24.3 Å². The van der Waals surface area contributed by atoms with Crippen LogP contribution in [0.4, 0.5) is 0 Å². The first-order valence-electron chi connectivity index (χ1n) is 5.57. The zero-order chi connectivity index (χ0) is 12.1. The van der Waals surface area contributed by atoms with Crippen LogP contribution in [0.25, 0.3) is 0 Å². The lowest BCUT2D eigenvalue weighted by molar-refractivity contribution is 0.426. The maximum Gasteiger partial charge on any atom is 0.488 e. The predicted octanol–water partition coefficient (Wildman–Crippen LogP) is 1.64. The molecule has 1 rings (SSSR count). The Morgan fingerprint density at radius 2 is 1.69 bits per heavy atom. The van der Waals surface area contributed by atoms with Gasteiger partial charge in [-0.15, -0.1) is 0 Å². The SMILES string of the molecule is CC(C)C(C)SCc1ccc(B(O)O)cc1. The lowest BCUT2D eigenvalue weighted by Gasteiger charge is -2.14. The molecular weight excluding hydrogens is 219 g/mol. The summed E-state index contributed by atoms with van der Waals surface area (Å²) in [6.07, 6.45) is 0. The van der Waals surface area contributed by atoms with Crippen molar-refractivity contribution in [3.8, 4) is 0 Å². The molecule has 0 aromatic heterocycles. The van der Waals surface area contributed by atoms with Gasteiger partial charge in [-0.2, -0.15) is 11.8 Å². The van der Waals surface area contributed by atoms with Gasteiger partial charge in [0.05, 0.1) is 0 Å². The van der Waals surface area contributed by atoms with E-state index >= 15 is 0 Å². The summed E-state index contributed by atoms with van der Waals surface area (Å²) in [6.45, 7) is 6.69. The van der Waals surface area contributed by atoms with Gasteiger partial charge in [0.15, 0.2) is 0 Å². The van der Waals surface area contributed by atoms with Gasteiger partial charge in [0.25, 0.3) is 0 Å². The van der Waals surface area contributed by atoms with Gasteiger partial charge >= 0.3 is 7.12 Å². The van der Waals surface area contributed by atoms with E-state index in [0.29, 0.717) is 16.6 Å². The number of thioether (sulfide) groups is 1. The zero-order valence-electron chi connectivity index (χ0n) is 10.1. The first kappa shape index (κ1) is 13.6. The van der Waals surface area contributed by atoms with Gasteiger partial charge in [0, 0.05) is 11.0 Å². The Balaban J connectivity index is 2.49. The van der Waals surface area contributed by atoms with Gasteiger partial charge in [-0.05, 0) is 16.9 Å². The van der Waals surface area contributed by atoms with Gasteiger partial charge < -0.3 is 10.0 Å². The van der Waals surface area contributed by atoms with Crippen LogP contribution in [0.3, 0.4) is 0 Å². The smallest absolute Gasteiger partial charge is 0.423 e. The molecule has 88 valence electrons. The lowest BCUT2D eigenvalue weighted by atomic mass is 9.80. The summed E-state index contributed by atoms with van der Waals surface area (Å²) >= 11 is 1.93. The second-order valence-electron chi connectivity index (χ2n) is 4.38. The van der Waals surface area contributed by atoms with E-state index in [9.17, 15) is 0 Å². The summed E-state index contributed by atoms with van der Waals surface area (Å²) < 4.78 is 0. The minimum atomic E-state index is -1.36. The van der Waals surface area contributed by atoms with E-state index in [4.69, 9.17) is 10.0 Å². The first-order valence-corrected chi connectivity index (χ1v) is 6.62. The van der Waals surface area contributed by atoms with Crippen LogP contribution in [-0.2, 0) is 5.75 Å². The van der Waals surface area contributed by atoms with Gasteiger partial charge in [0.2, 0.25) is 0 Å². The summed E-state index contributed by atoms with van der Waals surface area (Å²) in [5.41, 5.74) is 1.77. The quantitative estimate of drug-likeness (QED) is 0.766. The second kappa shape index (κ2) is 6.33. The molecule has 0 fully saturated rings. The predicted molar refractivity (Wildman–Crippen MR) is 71.9 cm³/mol. The van der Waals surface area contributed by atoms with Gasteiger partial charge in [-0.1, -0.05) is 45.0 Å². The summed E-state index contributed by atoms with van der Waals surface area (Å²) in [5, 5.41) is 18.6. The fourth-order valence-electron chi connectivity index (χ4n) is 1.21. The molecule has 4 heteroatoms. The van der Waals surface area contributed by atoms with Crippen LogP contribution in [0.5, 0.6) is 0 Å². The molecular formula is C12H19BO2S. The van der Waals surface area contributed by atoms with Crippen LogP contribution in [-0.4, -0.2) is 22.4 Å². The number of hydrogen-bond donors (Lipinski definition) is 2. The van der Waals surface area contributed by atoms with Crippen molar-refractivity contribution in [3.05, 3.63) is 29.8 Å². The normalized spacial score (nSPS) is 12.9. The Hall–Kier alpha value is -0.445. The van der Waals surface area contributed by atoms with Crippen LogP contribution >= 0.6 is 11.8 Å². The fraction of sp³-hybridized carbons (Fsp3) is 0.500. The third-order valence-electron chi connectivity index (χ3n) is 2.73. The van der Waals surface area contributed by atoms with Crippen molar-refractivity contribution >= 4 is 24.3 Å². The maximum absolute atomic E-state index is 8.96. The summed E-state index contributed by atoms with van der Waals surface area (Å²) in [5.74, 6) is 1.66. The Kier molecular flexibility index (Phi) is 5.39. The van der Waals surface area contributed by atoms with Gasteiger partial charge in [-0.3, -0.25) is 0 Å². The van der Waals surface area contributed by atoms with Crippen molar-refractivity contribution in [1.82, 2.24) is 0 Å². The minimum Gasteiger partial charge on any atom is -0.423 e. The highest BCUT2D eigenvalue weighted by Gasteiger charge is 2.11. The molecule has 0 radical (unpaired) electrons. The zero-order valence-corrected chi connectivity index (χ0v) is 10.9. The average Bonchev–Trinajstić information content (AvgIpc) is 2.26. The second-order valence-corrected chi connectivity index (χ2v) is 5.74. The van der Waals surface area contributed by atoms with Crippen molar-refractivity contribution in [1.29, 1.82) is 0 Å². The molecule has 1 unspecified atom stereocenters. The molecule has 0 spiro atoms. The molecule has 1 aromatic carbocycles. The fourth-order valence-corrected chi connectivity index (χ4v) is 2.24. The number of hydrogen-bond acceptors (Lipinski definition) is 3. The molecule has 0 aliphatic rings. The standard InChI is InChI=1S/C12H19BO2S/c1-9(2)10(3)16-8-11-4-6-12(7-5-11)13(14)15/h4-7,9-10,14-15H,8H2,1-3H3. The largest absolute Gasteiger partial charge is 0.488 e. The van der Waals surface area contributed by atoms with Crippen molar-refractivity contribution in [2.45, 2.75) is 31.8 Å². The Labute approximate surface area is 102 Å². The molecule has 0 aliphatic carbocycles. The van der Waals surface area contributed by atoms with E-state index < -0.39 is 7.12 Å². The van der Waals surface area contributed by atoms with Crippen LogP contribution < -0.4 is 5.46 Å². The van der Waals surface area contributed by atoms with Gasteiger partial charge in [0.1, 0.15) is 0 Å². The Bertz CT molecular complexity index is 311.